The van der Waals surface area contributed by atoms with E-state index in [0.29, 0.717) is 5.92 Å². The van der Waals surface area contributed by atoms with E-state index in [1.54, 1.807) is 10.9 Å². The highest BCUT2D eigenvalue weighted by molar-refractivity contribution is 6.30. The molecule has 33 heavy (non-hydrogen) atoms. The van der Waals surface area contributed by atoms with E-state index in [0.717, 1.165) is 57.9 Å². The number of halogens is 1. The summed E-state index contributed by atoms with van der Waals surface area (Å²) in [5.41, 5.74) is 4.53. The maximum absolute atomic E-state index is 6.05. The number of anilines is 3. The van der Waals surface area contributed by atoms with Crippen molar-refractivity contribution in [3.05, 3.63) is 89.6 Å². The summed E-state index contributed by atoms with van der Waals surface area (Å²) >= 11 is 6.05. The van der Waals surface area contributed by atoms with Gasteiger partial charge in [0.05, 0.1) is 17.9 Å². The van der Waals surface area contributed by atoms with Crippen LogP contribution in [-0.4, -0.2) is 30.7 Å². The minimum absolute atomic E-state index is 0.294. The van der Waals surface area contributed by atoms with Crippen molar-refractivity contribution >= 4 is 34.6 Å². The third kappa shape index (κ3) is 3.70. The normalized spacial score (nSPS) is 14.9. The van der Waals surface area contributed by atoms with Gasteiger partial charge in [-0.25, -0.2) is 9.97 Å². The third-order valence-corrected chi connectivity index (χ3v) is 6.37. The number of hydrogen-bond donors (Lipinski definition) is 2. The molecule has 0 saturated carbocycles. The molecule has 4 aromatic heterocycles. The van der Waals surface area contributed by atoms with Gasteiger partial charge < -0.3 is 10.6 Å². The van der Waals surface area contributed by atoms with E-state index in [4.69, 9.17) is 16.6 Å². The Hall–Kier alpha value is -3.84. The summed E-state index contributed by atoms with van der Waals surface area (Å²) in [7, 11) is 1.90. The Labute approximate surface area is 196 Å². The lowest BCUT2D eigenvalue weighted by molar-refractivity contribution is 0.640. The van der Waals surface area contributed by atoms with Gasteiger partial charge in [0.2, 0.25) is 0 Å². The fraction of sp³-hybridized carbons (Fsp3) is 0.160. The molecule has 1 aromatic carbocycles. The Morgan fingerprint density at radius 1 is 1.03 bits per heavy atom. The van der Waals surface area contributed by atoms with E-state index in [1.807, 2.05) is 43.7 Å². The minimum atomic E-state index is 0.294. The van der Waals surface area contributed by atoms with Crippen LogP contribution in [-0.2, 0) is 13.5 Å². The molecule has 0 fully saturated rings. The largest absolute Gasteiger partial charge is 0.370 e. The predicted molar refractivity (Wildman–Crippen MR) is 131 cm³/mol. The van der Waals surface area contributed by atoms with E-state index < -0.39 is 0 Å². The zero-order valence-electron chi connectivity index (χ0n) is 18.0. The molecule has 8 heteroatoms. The molecule has 1 aliphatic rings. The van der Waals surface area contributed by atoms with Crippen molar-refractivity contribution in [3.63, 3.8) is 0 Å². The van der Waals surface area contributed by atoms with Crippen molar-refractivity contribution in [2.45, 2.75) is 12.3 Å². The van der Waals surface area contributed by atoms with Crippen molar-refractivity contribution in [3.8, 4) is 11.1 Å². The number of hydrogen-bond acceptors (Lipinski definition) is 5. The topological polar surface area (TPSA) is 72.1 Å². The first-order valence-corrected chi connectivity index (χ1v) is 11.2. The zero-order valence-corrected chi connectivity index (χ0v) is 18.8. The third-order valence-electron chi connectivity index (χ3n) is 6.11. The average Bonchev–Trinajstić information content (AvgIpc) is 3.44. The molecule has 5 aromatic rings. The first kappa shape index (κ1) is 19.8. The molecule has 0 saturated heterocycles. The Morgan fingerprint density at radius 2 is 1.91 bits per heavy atom. The molecule has 1 atom stereocenters. The smallest absolute Gasteiger partial charge is 0.132 e. The van der Waals surface area contributed by atoms with Crippen molar-refractivity contribution in [1.29, 1.82) is 0 Å². The second-order valence-corrected chi connectivity index (χ2v) is 8.75. The molecule has 2 N–H and O–H groups in total. The molecular weight excluding hydrogens is 434 g/mol. The lowest BCUT2D eigenvalue weighted by Gasteiger charge is -2.25. The van der Waals surface area contributed by atoms with Gasteiger partial charge in [0, 0.05) is 36.8 Å². The number of imidazole rings is 1. The van der Waals surface area contributed by atoms with Crippen LogP contribution in [0.1, 0.15) is 17.3 Å². The molecule has 5 heterocycles. The van der Waals surface area contributed by atoms with Gasteiger partial charge in [0.15, 0.2) is 0 Å². The van der Waals surface area contributed by atoms with Crippen LogP contribution in [0.2, 0.25) is 5.02 Å². The summed E-state index contributed by atoms with van der Waals surface area (Å²) in [4.78, 5) is 9.26. The van der Waals surface area contributed by atoms with E-state index >= 15 is 0 Å². The van der Waals surface area contributed by atoms with Gasteiger partial charge in [-0.15, -0.1) is 0 Å². The van der Waals surface area contributed by atoms with Crippen molar-refractivity contribution in [2.75, 3.05) is 17.2 Å². The van der Waals surface area contributed by atoms with Crippen LogP contribution in [0, 0.1) is 0 Å². The molecule has 164 valence electrons. The Morgan fingerprint density at radius 3 is 2.73 bits per heavy atom. The maximum Gasteiger partial charge on any atom is 0.132 e. The molecule has 0 radical (unpaired) electrons. The summed E-state index contributed by atoms with van der Waals surface area (Å²) in [6, 6.07) is 18.4. The second kappa shape index (κ2) is 7.94. The maximum atomic E-state index is 6.05. The molecule has 0 spiro atoms. The summed E-state index contributed by atoms with van der Waals surface area (Å²) < 4.78 is 4.01. The summed E-state index contributed by atoms with van der Waals surface area (Å²) in [5.74, 6) is 4.10. The quantitative estimate of drug-likeness (QED) is 0.377. The summed E-state index contributed by atoms with van der Waals surface area (Å²) in [6.07, 6.45) is 6.45. The van der Waals surface area contributed by atoms with Gasteiger partial charge in [0.1, 0.15) is 23.3 Å². The highest BCUT2D eigenvalue weighted by atomic mass is 35.5. The van der Waals surface area contributed by atoms with E-state index in [2.05, 4.69) is 55.4 Å². The van der Waals surface area contributed by atoms with Crippen LogP contribution in [0.5, 0.6) is 0 Å². The van der Waals surface area contributed by atoms with Crippen LogP contribution >= 0.6 is 11.6 Å². The minimum Gasteiger partial charge on any atom is -0.370 e. The monoisotopic (exact) mass is 455 g/mol. The van der Waals surface area contributed by atoms with Crippen molar-refractivity contribution in [2.24, 2.45) is 7.05 Å². The van der Waals surface area contributed by atoms with E-state index in [-0.39, 0.29) is 0 Å². The Balaban J connectivity index is 1.32. The fourth-order valence-electron chi connectivity index (χ4n) is 4.44. The first-order chi connectivity index (χ1) is 16.1. The number of nitrogens with zero attached hydrogens (tertiary/aromatic N) is 5. The SMILES string of the molecule is Cn1nccc1Nc1cc(-c2cc3n4c(ncc4c2)[C@@H](Cc2ccc(Cl)cc2)CN3)ccn1. The van der Waals surface area contributed by atoms with Gasteiger partial charge in [-0.1, -0.05) is 23.7 Å². The van der Waals surface area contributed by atoms with E-state index in [1.165, 1.54) is 5.56 Å². The number of rotatable bonds is 5. The number of nitrogens with one attached hydrogen (secondary N) is 2. The van der Waals surface area contributed by atoms with Gasteiger partial charge >= 0.3 is 0 Å². The van der Waals surface area contributed by atoms with Crippen LogP contribution in [0.15, 0.2) is 73.2 Å². The first-order valence-electron chi connectivity index (χ1n) is 10.9. The molecule has 7 nitrogen and oxygen atoms in total. The lowest BCUT2D eigenvalue weighted by Crippen LogP contribution is -2.24. The van der Waals surface area contributed by atoms with Crippen molar-refractivity contribution in [1.82, 2.24) is 24.1 Å². The van der Waals surface area contributed by atoms with Gasteiger partial charge in [0.25, 0.3) is 0 Å². The van der Waals surface area contributed by atoms with Crippen LogP contribution in [0.25, 0.3) is 16.6 Å². The summed E-state index contributed by atoms with van der Waals surface area (Å²) in [5, 5.41) is 11.9. The fourth-order valence-corrected chi connectivity index (χ4v) is 4.56. The summed E-state index contributed by atoms with van der Waals surface area (Å²) in [6.45, 7) is 0.835. The molecule has 0 bridgehead atoms. The molecule has 0 amide bonds. The number of aromatic nitrogens is 5. The van der Waals surface area contributed by atoms with Crippen LogP contribution in [0.3, 0.4) is 0 Å². The highest BCUT2D eigenvalue weighted by Gasteiger charge is 2.24. The number of benzene rings is 1. The number of pyridine rings is 2. The molecule has 0 unspecified atom stereocenters. The van der Waals surface area contributed by atoms with E-state index in [9.17, 15) is 0 Å². The van der Waals surface area contributed by atoms with Gasteiger partial charge in [-0.2, -0.15) is 5.10 Å². The van der Waals surface area contributed by atoms with Crippen molar-refractivity contribution < 1.29 is 0 Å². The molecule has 0 aliphatic carbocycles. The van der Waals surface area contributed by atoms with Gasteiger partial charge in [-0.3, -0.25) is 9.08 Å². The highest BCUT2D eigenvalue weighted by Crippen LogP contribution is 2.33. The molecule has 1 aliphatic heterocycles. The van der Waals surface area contributed by atoms with Crippen LogP contribution < -0.4 is 10.6 Å². The number of aryl methyl sites for hydroxylation is 1. The van der Waals surface area contributed by atoms with Crippen LogP contribution in [0.4, 0.5) is 17.5 Å². The Bertz CT molecular complexity index is 1450. The average molecular weight is 456 g/mol. The molecular formula is C25H22ClN7. The Kier molecular flexibility index (Phi) is 4.77. The lowest BCUT2D eigenvalue weighted by atomic mass is 9.97. The second-order valence-electron chi connectivity index (χ2n) is 8.31. The zero-order chi connectivity index (χ0) is 22.4. The predicted octanol–water partition coefficient (Wildman–Crippen LogP) is 5.28. The van der Waals surface area contributed by atoms with Gasteiger partial charge in [-0.05, 0) is 59.5 Å². The standard InChI is InChI=1S/C25H22ClN7/c1-32-23(7-9-30-32)31-22-12-17(6-8-27-22)18-11-21-15-29-25-19(14-28-24(13-18)33(21)25)10-16-2-4-20(26)5-3-16/h2-9,11-13,15,19,28H,10,14H2,1H3,(H,27,31)/t19-/m0/s1. The molecule has 6 rings (SSSR count).